The molecule has 7 heteroatoms. The second kappa shape index (κ2) is 4.91. The molecule has 102 valence electrons. The Morgan fingerprint density at radius 1 is 1.42 bits per heavy atom. The Hall–Kier alpha value is -2.05. The third-order valence-electron chi connectivity index (χ3n) is 3.05. The maximum atomic E-state index is 13.2. The number of nitrogens with zero attached hydrogens (tertiary/aromatic N) is 2. The molecule has 0 unspecified atom stereocenters. The number of hydrogen-bond acceptors (Lipinski definition) is 3. The molecule has 19 heavy (non-hydrogen) atoms. The predicted octanol–water partition coefficient (Wildman–Crippen LogP) is 2.50. The lowest BCUT2D eigenvalue weighted by Crippen LogP contribution is -2.33. The number of carbonyl (C=O) groups excluding carboxylic acids is 1. The Kier molecular flexibility index (Phi) is 3.46. The van der Waals surface area contributed by atoms with Gasteiger partial charge in [0.05, 0.1) is 11.0 Å². The van der Waals surface area contributed by atoms with Gasteiger partial charge in [0.25, 0.3) is 11.6 Å². The van der Waals surface area contributed by atoms with Crippen LogP contribution in [0.3, 0.4) is 0 Å². The van der Waals surface area contributed by atoms with Crippen molar-refractivity contribution in [3.63, 3.8) is 0 Å². The van der Waals surface area contributed by atoms with Crippen LogP contribution in [-0.4, -0.2) is 28.3 Å². The van der Waals surface area contributed by atoms with E-state index in [0.717, 1.165) is 12.8 Å². The normalized spacial score (nSPS) is 14.3. The number of halogens is 2. The van der Waals surface area contributed by atoms with E-state index in [4.69, 9.17) is 0 Å². The van der Waals surface area contributed by atoms with Crippen molar-refractivity contribution in [3.8, 4) is 0 Å². The minimum atomic E-state index is -1.34. The van der Waals surface area contributed by atoms with E-state index in [9.17, 15) is 23.7 Å². The van der Waals surface area contributed by atoms with Gasteiger partial charge in [-0.25, -0.2) is 8.78 Å². The number of rotatable bonds is 4. The summed E-state index contributed by atoms with van der Waals surface area (Å²) in [6, 6.07) is 1.09. The first-order valence-electron chi connectivity index (χ1n) is 5.90. The number of benzene rings is 1. The topological polar surface area (TPSA) is 63.5 Å². The van der Waals surface area contributed by atoms with Crippen molar-refractivity contribution in [2.24, 2.45) is 0 Å². The summed E-state index contributed by atoms with van der Waals surface area (Å²) in [6.45, 7) is 2.11. The van der Waals surface area contributed by atoms with Crippen LogP contribution in [0.2, 0.25) is 0 Å². The molecule has 1 aromatic carbocycles. The summed E-state index contributed by atoms with van der Waals surface area (Å²) >= 11 is 0. The number of carbonyl (C=O) groups is 1. The van der Waals surface area contributed by atoms with Gasteiger partial charge in [-0.1, -0.05) is 0 Å². The maximum Gasteiger partial charge on any atom is 0.285 e. The zero-order valence-electron chi connectivity index (χ0n) is 10.2. The highest BCUT2D eigenvalue weighted by Gasteiger charge is 2.35. The average Bonchev–Trinajstić information content (AvgIpc) is 3.17. The predicted molar refractivity (Wildman–Crippen MR) is 62.7 cm³/mol. The standard InChI is InChI=1S/C12H12F2N2O3/c1-2-15(7-3-4-7)12(17)8-5-9(13)10(14)6-11(8)16(18)19/h5-7H,2-4H2,1H3. The highest BCUT2D eigenvalue weighted by atomic mass is 19.2. The monoisotopic (exact) mass is 270 g/mol. The largest absolute Gasteiger partial charge is 0.336 e. The average molecular weight is 270 g/mol. The van der Waals surface area contributed by atoms with E-state index >= 15 is 0 Å². The highest BCUT2D eigenvalue weighted by molar-refractivity contribution is 5.98. The Balaban J connectivity index is 2.44. The maximum absolute atomic E-state index is 13.2. The van der Waals surface area contributed by atoms with Crippen LogP contribution >= 0.6 is 0 Å². The van der Waals surface area contributed by atoms with Crippen LogP contribution in [0.15, 0.2) is 12.1 Å². The molecule has 0 aliphatic heterocycles. The summed E-state index contributed by atoms with van der Waals surface area (Å²) in [6.07, 6.45) is 1.66. The molecule has 0 saturated heterocycles. The van der Waals surface area contributed by atoms with Gasteiger partial charge in [0.15, 0.2) is 11.6 Å². The van der Waals surface area contributed by atoms with Gasteiger partial charge in [-0.15, -0.1) is 0 Å². The van der Waals surface area contributed by atoms with Gasteiger partial charge in [-0.3, -0.25) is 14.9 Å². The van der Waals surface area contributed by atoms with Gasteiger partial charge in [0, 0.05) is 12.6 Å². The summed E-state index contributed by atoms with van der Waals surface area (Å²) in [7, 11) is 0. The molecule has 2 rings (SSSR count). The van der Waals surface area contributed by atoms with E-state index in [0.29, 0.717) is 18.7 Å². The number of nitro groups is 1. The highest BCUT2D eigenvalue weighted by Crippen LogP contribution is 2.30. The van der Waals surface area contributed by atoms with Crippen molar-refractivity contribution in [3.05, 3.63) is 39.4 Å². The molecule has 1 fully saturated rings. The van der Waals surface area contributed by atoms with E-state index in [1.54, 1.807) is 6.92 Å². The quantitative estimate of drug-likeness (QED) is 0.623. The number of nitro benzene ring substituents is 1. The van der Waals surface area contributed by atoms with Crippen molar-refractivity contribution < 1.29 is 18.5 Å². The molecule has 1 aromatic rings. The van der Waals surface area contributed by atoms with Crippen molar-refractivity contribution in [2.45, 2.75) is 25.8 Å². The number of amides is 1. The minimum absolute atomic E-state index is 0.0465. The molecule has 0 spiro atoms. The molecule has 0 heterocycles. The summed E-state index contributed by atoms with van der Waals surface area (Å²) in [5.74, 6) is -3.23. The molecule has 0 aromatic heterocycles. The smallest absolute Gasteiger partial charge is 0.285 e. The van der Waals surface area contributed by atoms with Crippen LogP contribution in [0.1, 0.15) is 30.1 Å². The first-order valence-corrected chi connectivity index (χ1v) is 5.90. The molecule has 1 amide bonds. The zero-order chi connectivity index (χ0) is 14.2. The van der Waals surface area contributed by atoms with Crippen LogP contribution < -0.4 is 0 Å². The SMILES string of the molecule is CCN(C(=O)c1cc(F)c(F)cc1[N+](=O)[O-])C1CC1. The zero-order valence-corrected chi connectivity index (χ0v) is 10.2. The first-order chi connectivity index (χ1) is 8.95. The van der Waals surface area contributed by atoms with Crippen LogP contribution in [-0.2, 0) is 0 Å². The lowest BCUT2D eigenvalue weighted by Gasteiger charge is -2.20. The molecule has 1 saturated carbocycles. The van der Waals surface area contributed by atoms with Crippen LogP contribution in [0.5, 0.6) is 0 Å². The van der Waals surface area contributed by atoms with Crippen molar-refractivity contribution >= 4 is 11.6 Å². The van der Waals surface area contributed by atoms with Gasteiger partial charge in [-0.2, -0.15) is 0 Å². The number of hydrogen-bond donors (Lipinski definition) is 0. The molecule has 1 aliphatic carbocycles. The lowest BCUT2D eigenvalue weighted by molar-refractivity contribution is -0.385. The van der Waals surface area contributed by atoms with Crippen molar-refractivity contribution in [1.29, 1.82) is 0 Å². The molecule has 1 aliphatic rings. The van der Waals surface area contributed by atoms with Crippen LogP contribution in [0.25, 0.3) is 0 Å². The van der Waals surface area contributed by atoms with E-state index in [2.05, 4.69) is 0 Å². The third kappa shape index (κ3) is 2.54. The molecule has 5 nitrogen and oxygen atoms in total. The van der Waals surface area contributed by atoms with Gasteiger partial charge < -0.3 is 4.90 Å². The van der Waals surface area contributed by atoms with Crippen LogP contribution in [0.4, 0.5) is 14.5 Å². The van der Waals surface area contributed by atoms with Crippen LogP contribution in [0, 0.1) is 21.7 Å². The molecule has 0 atom stereocenters. The van der Waals surface area contributed by atoms with Gasteiger partial charge in [-0.05, 0) is 25.8 Å². The summed E-state index contributed by atoms with van der Waals surface area (Å²) in [5.41, 5.74) is -1.11. The summed E-state index contributed by atoms with van der Waals surface area (Å²) in [5, 5.41) is 10.8. The van der Waals surface area contributed by atoms with E-state index in [-0.39, 0.29) is 6.04 Å². The fraction of sp³-hybridized carbons (Fsp3) is 0.417. The Morgan fingerprint density at radius 2 is 2.00 bits per heavy atom. The molecular formula is C12H12F2N2O3. The molecule has 0 N–H and O–H groups in total. The summed E-state index contributed by atoms with van der Waals surface area (Å²) in [4.78, 5) is 23.6. The second-order valence-corrected chi connectivity index (χ2v) is 4.36. The Labute approximate surface area is 108 Å². The Bertz CT molecular complexity index is 544. The van der Waals surface area contributed by atoms with E-state index < -0.39 is 33.7 Å². The lowest BCUT2D eigenvalue weighted by atomic mass is 10.1. The van der Waals surface area contributed by atoms with E-state index in [1.807, 2.05) is 0 Å². The third-order valence-corrected chi connectivity index (χ3v) is 3.05. The van der Waals surface area contributed by atoms with Crippen molar-refractivity contribution in [2.75, 3.05) is 6.54 Å². The summed E-state index contributed by atoms with van der Waals surface area (Å²) < 4.78 is 26.2. The fourth-order valence-electron chi connectivity index (χ4n) is 1.97. The molecule has 0 bridgehead atoms. The second-order valence-electron chi connectivity index (χ2n) is 4.36. The van der Waals surface area contributed by atoms with E-state index in [1.165, 1.54) is 4.90 Å². The fourth-order valence-corrected chi connectivity index (χ4v) is 1.97. The van der Waals surface area contributed by atoms with Crippen molar-refractivity contribution in [1.82, 2.24) is 4.90 Å². The van der Waals surface area contributed by atoms with Gasteiger partial charge >= 0.3 is 0 Å². The minimum Gasteiger partial charge on any atom is -0.336 e. The molecular weight excluding hydrogens is 258 g/mol. The first kappa shape index (κ1) is 13.4. The van der Waals surface area contributed by atoms with Gasteiger partial charge in [0.1, 0.15) is 5.56 Å². The van der Waals surface area contributed by atoms with Gasteiger partial charge in [0.2, 0.25) is 0 Å². The molecule has 0 radical (unpaired) electrons. The Morgan fingerprint density at radius 3 is 2.47 bits per heavy atom.